The summed E-state index contributed by atoms with van der Waals surface area (Å²) in [7, 11) is 1.56. The van der Waals surface area contributed by atoms with Gasteiger partial charge in [-0.05, 0) is 56.2 Å². The Morgan fingerprint density at radius 3 is 2.45 bits per heavy atom. The fraction of sp³-hybridized carbons (Fsp3) is 0.296. The zero-order valence-electron chi connectivity index (χ0n) is 19.0. The molecule has 1 heterocycles. The van der Waals surface area contributed by atoms with Crippen LogP contribution in [0.5, 0.6) is 11.5 Å². The van der Waals surface area contributed by atoms with Crippen LogP contribution in [-0.4, -0.2) is 42.2 Å². The number of carbonyl (C=O) groups excluding carboxylic acids is 1. The minimum absolute atomic E-state index is 0.0368. The summed E-state index contributed by atoms with van der Waals surface area (Å²) in [6, 6.07) is 20.9. The molecule has 0 radical (unpaired) electrons. The number of likely N-dealkylation sites (tertiary alicyclic amines) is 1. The number of phenols is 1. The number of para-hydroxylation sites is 1. The number of rotatable bonds is 6. The molecule has 5 nitrogen and oxygen atoms in total. The van der Waals surface area contributed by atoms with Gasteiger partial charge in [0.25, 0.3) is 5.91 Å². The highest BCUT2D eigenvalue weighted by Gasteiger charge is 2.30. The number of aryl methyl sites for hydroxylation is 1. The molecule has 33 heavy (non-hydrogen) atoms. The first-order valence-electron chi connectivity index (χ1n) is 11.2. The molecule has 0 aliphatic carbocycles. The minimum Gasteiger partial charge on any atom is -0.504 e. The summed E-state index contributed by atoms with van der Waals surface area (Å²) >= 11 is 6.17. The molecule has 1 fully saturated rings. The molecule has 0 unspecified atom stereocenters. The van der Waals surface area contributed by atoms with Gasteiger partial charge in [0.15, 0.2) is 11.5 Å². The monoisotopic (exact) mass is 464 g/mol. The number of carbonyl (C=O) groups is 1. The van der Waals surface area contributed by atoms with Gasteiger partial charge < -0.3 is 14.7 Å². The van der Waals surface area contributed by atoms with E-state index in [1.54, 1.807) is 25.3 Å². The number of hydrogen-bond acceptors (Lipinski definition) is 4. The van der Waals surface area contributed by atoms with Gasteiger partial charge in [0, 0.05) is 47.5 Å². The van der Waals surface area contributed by atoms with Crippen LogP contribution < -0.4 is 9.64 Å². The average Bonchev–Trinajstić information content (AvgIpc) is 2.83. The summed E-state index contributed by atoms with van der Waals surface area (Å²) in [6.07, 6.45) is 1.68. The maximum Gasteiger partial charge on any atom is 0.258 e. The van der Waals surface area contributed by atoms with E-state index in [9.17, 15) is 9.90 Å². The number of amides is 1. The SMILES string of the molecule is COc1cccc(CN2CCC(N(C(=O)c3cccc(Cl)c3)c3ccc(C)cc3)CC2)c1O. The van der Waals surface area contributed by atoms with Gasteiger partial charge in [-0.3, -0.25) is 9.69 Å². The van der Waals surface area contributed by atoms with Crippen LogP contribution in [0, 0.1) is 6.92 Å². The van der Waals surface area contributed by atoms with Crippen molar-refractivity contribution in [3.8, 4) is 11.5 Å². The molecule has 0 saturated carbocycles. The average molecular weight is 465 g/mol. The number of phenolic OH excluding ortho intramolecular Hbond substituents is 1. The molecule has 1 N–H and O–H groups in total. The van der Waals surface area contributed by atoms with E-state index in [1.165, 1.54) is 0 Å². The molecule has 1 aliphatic heterocycles. The van der Waals surface area contributed by atoms with Gasteiger partial charge in [0.2, 0.25) is 0 Å². The second kappa shape index (κ2) is 10.3. The quantitative estimate of drug-likeness (QED) is 0.510. The van der Waals surface area contributed by atoms with Crippen molar-refractivity contribution < 1.29 is 14.6 Å². The molecule has 1 amide bonds. The molecule has 0 atom stereocenters. The summed E-state index contributed by atoms with van der Waals surface area (Å²) in [5, 5.41) is 11.0. The highest BCUT2D eigenvalue weighted by atomic mass is 35.5. The van der Waals surface area contributed by atoms with Crippen molar-refractivity contribution in [3.63, 3.8) is 0 Å². The molecule has 0 bridgehead atoms. The fourth-order valence-electron chi connectivity index (χ4n) is 4.40. The fourth-order valence-corrected chi connectivity index (χ4v) is 4.59. The molecular weight excluding hydrogens is 436 g/mol. The Bertz CT molecular complexity index is 1110. The van der Waals surface area contributed by atoms with Crippen molar-refractivity contribution in [2.24, 2.45) is 0 Å². The molecule has 1 aliphatic rings. The second-order valence-corrected chi connectivity index (χ2v) is 8.93. The minimum atomic E-state index is -0.0368. The summed E-state index contributed by atoms with van der Waals surface area (Å²) in [4.78, 5) is 17.8. The van der Waals surface area contributed by atoms with Crippen molar-refractivity contribution in [2.75, 3.05) is 25.1 Å². The molecule has 3 aromatic carbocycles. The smallest absolute Gasteiger partial charge is 0.258 e. The lowest BCUT2D eigenvalue weighted by molar-refractivity contribution is 0.0958. The van der Waals surface area contributed by atoms with Crippen LogP contribution in [0.4, 0.5) is 5.69 Å². The van der Waals surface area contributed by atoms with Crippen LogP contribution in [0.25, 0.3) is 0 Å². The highest BCUT2D eigenvalue weighted by molar-refractivity contribution is 6.31. The lowest BCUT2D eigenvalue weighted by atomic mass is 9.99. The van der Waals surface area contributed by atoms with Gasteiger partial charge in [-0.1, -0.05) is 47.5 Å². The number of ether oxygens (including phenoxy) is 1. The van der Waals surface area contributed by atoms with Crippen LogP contribution in [0.15, 0.2) is 66.7 Å². The maximum atomic E-state index is 13.6. The molecule has 6 heteroatoms. The maximum absolute atomic E-state index is 13.6. The zero-order chi connectivity index (χ0) is 23.4. The lowest BCUT2D eigenvalue weighted by Crippen LogP contribution is -2.47. The van der Waals surface area contributed by atoms with Gasteiger partial charge >= 0.3 is 0 Å². The number of piperidine rings is 1. The Labute approximate surface area is 200 Å². The number of methoxy groups -OCH3 is 1. The van der Waals surface area contributed by atoms with Gasteiger partial charge in [-0.2, -0.15) is 0 Å². The van der Waals surface area contributed by atoms with E-state index >= 15 is 0 Å². The van der Waals surface area contributed by atoms with Crippen LogP contribution in [0.3, 0.4) is 0 Å². The number of aromatic hydroxyl groups is 1. The van der Waals surface area contributed by atoms with E-state index in [0.29, 0.717) is 22.9 Å². The van der Waals surface area contributed by atoms with Crippen LogP contribution in [0.1, 0.15) is 34.3 Å². The van der Waals surface area contributed by atoms with Crippen molar-refractivity contribution in [1.29, 1.82) is 0 Å². The third-order valence-corrected chi connectivity index (χ3v) is 6.46. The van der Waals surface area contributed by atoms with Gasteiger partial charge in [0.05, 0.1) is 7.11 Å². The summed E-state index contributed by atoms with van der Waals surface area (Å²) in [5.74, 6) is 0.643. The number of halogens is 1. The third kappa shape index (κ3) is 5.32. The topological polar surface area (TPSA) is 53.0 Å². The van der Waals surface area contributed by atoms with Crippen LogP contribution >= 0.6 is 11.6 Å². The van der Waals surface area contributed by atoms with Crippen molar-refractivity contribution >= 4 is 23.2 Å². The number of benzene rings is 3. The Balaban J connectivity index is 1.52. The molecule has 0 aromatic heterocycles. The Morgan fingerprint density at radius 2 is 1.79 bits per heavy atom. The Hall–Kier alpha value is -3.02. The highest BCUT2D eigenvalue weighted by Crippen LogP contribution is 2.32. The predicted molar refractivity (Wildman–Crippen MR) is 132 cm³/mol. The first kappa shape index (κ1) is 23.1. The first-order chi connectivity index (χ1) is 16.0. The molecule has 3 aromatic rings. The van der Waals surface area contributed by atoms with Crippen molar-refractivity contribution in [1.82, 2.24) is 4.90 Å². The number of hydrogen-bond donors (Lipinski definition) is 1. The second-order valence-electron chi connectivity index (χ2n) is 8.50. The number of anilines is 1. The molecule has 172 valence electrons. The first-order valence-corrected chi connectivity index (χ1v) is 11.6. The normalized spacial score (nSPS) is 14.8. The summed E-state index contributed by atoms with van der Waals surface area (Å²) in [5.41, 5.74) is 3.49. The molecule has 4 rings (SSSR count). The van der Waals surface area contributed by atoms with Gasteiger partial charge in [0.1, 0.15) is 0 Å². The Kier molecular flexibility index (Phi) is 7.21. The van der Waals surface area contributed by atoms with E-state index in [2.05, 4.69) is 4.90 Å². The Morgan fingerprint density at radius 1 is 1.09 bits per heavy atom. The van der Waals surface area contributed by atoms with E-state index in [1.807, 2.05) is 60.4 Å². The predicted octanol–water partition coefficient (Wildman–Crippen LogP) is 5.67. The van der Waals surface area contributed by atoms with Crippen LogP contribution in [0.2, 0.25) is 5.02 Å². The molecular formula is C27H29ClN2O3. The van der Waals surface area contributed by atoms with E-state index in [-0.39, 0.29) is 17.7 Å². The van der Waals surface area contributed by atoms with Crippen LogP contribution in [-0.2, 0) is 6.54 Å². The summed E-state index contributed by atoms with van der Waals surface area (Å²) in [6.45, 7) is 4.33. The van der Waals surface area contributed by atoms with E-state index in [0.717, 1.165) is 42.7 Å². The molecule has 0 spiro atoms. The number of nitrogens with zero attached hydrogens (tertiary/aromatic N) is 2. The van der Waals surface area contributed by atoms with E-state index in [4.69, 9.17) is 16.3 Å². The standard InChI is InChI=1S/C27H29ClN2O3/c1-19-9-11-23(12-10-19)30(27(32)20-5-3-7-22(28)17-20)24-13-15-29(16-14-24)18-21-6-4-8-25(33-2)26(21)31/h3-12,17,24,31H,13-16,18H2,1-2H3. The molecule has 1 saturated heterocycles. The van der Waals surface area contributed by atoms with Crippen molar-refractivity contribution in [3.05, 3.63) is 88.4 Å². The largest absolute Gasteiger partial charge is 0.504 e. The lowest BCUT2D eigenvalue weighted by Gasteiger charge is -2.39. The van der Waals surface area contributed by atoms with Gasteiger partial charge in [-0.15, -0.1) is 0 Å². The zero-order valence-corrected chi connectivity index (χ0v) is 19.8. The third-order valence-electron chi connectivity index (χ3n) is 6.22. The van der Waals surface area contributed by atoms with Gasteiger partial charge in [-0.25, -0.2) is 0 Å². The summed E-state index contributed by atoms with van der Waals surface area (Å²) < 4.78 is 5.24. The van der Waals surface area contributed by atoms with Crippen molar-refractivity contribution in [2.45, 2.75) is 32.4 Å². The van der Waals surface area contributed by atoms with E-state index < -0.39 is 0 Å².